The van der Waals surface area contributed by atoms with Gasteiger partial charge in [-0.25, -0.2) is 4.98 Å². The van der Waals surface area contributed by atoms with Gasteiger partial charge in [0.2, 0.25) is 5.91 Å². The number of piperidine rings is 2. The molecule has 0 saturated carbocycles. The van der Waals surface area contributed by atoms with Gasteiger partial charge in [-0.15, -0.1) is 0 Å². The number of hydrogen-bond donors (Lipinski definition) is 1. The number of likely N-dealkylation sites (tertiary alicyclic amines) is 1. The predicted molar refractivity (Wildman–Crippen MR) is 88.7 cm³/mol. The number of nitrogens with zero attached hydrogens (tertiary/aromatic N) is 3. The molecule has 1 N–H and O–H groups in total. The van der Waals surface area contributed by atoms with Crippen LogP contribution in [0.4, 0.5) is 0 Å². The van der Waals surface area contributed by atoms with Crippen molar-refractivity contribution in [2.75, 3.05) is 19.6 Å². The SMILES string of the molecule is O=C1NCCCC12CCN(Cc1cnc3ccccc3n1)CC2. The van der Waals surface area contributed by atoms with Gasteiger partial charge in [-0.2, -0.15) is 0 Å². The fraction of sp³-hybridized carbons (Fsp3) is 0.500. The van der Waals surface area contributed by atoms with Crippen LogP contribution in [0.25, 0.3) is 11.0 Å². The molecule has 2 aromatic rings. The Bertz CT molecular complexity index is 722. The van der Waals surface area contributed by atoms with E-state index in [0.717, 1.165) is 68.6 Å². The van der Waals surface area contributed by atoms with Gasteiger partial charge in [0.05, 0.1) is 28.3 Å². The molecule has 1 amide bonds. The molecule has 3 heterocycles. The summed E-state index contributed by atoms with van der Waals surface area (Å²) in [6.45, 7) is 3.58. The summed E-state index contributed by atoms with van der Waals surface area (Å²) in [6.07, 6.45) is 5.95. The minimum Gasteiger partial charge on any atom is -0.356 e. The number of benzene rings is 1. The van der Waals surface area contributed by atoms with Crippen LogP contribution in [0, 0.1) is 5.41 Å². The second-order valence-electron chi connectivity index (χ2n) is 6.77. The number of carbonyl (C=O) groups is 1. The van der Waals surface area contributed by atoms with Gasteiger partial charge in [-0.05, 0) is 50.9 Å². The van der Waals surface area contributed by atoms with Crippen molar-refractivity contribution >= 4 is 16.9 Å². The Kier molecular flexibility index (Phi) is 3.73. The first kappa shape index (κ1) is 14.6. The van der Waals surface area contributed by atoms with E-state index in [2.05, 4.69) is 15.2 Å². The van der Waals surface area contributed by atoms with Crippen molar-refractivity contribution in [1.29, 1.82) is 0 Å². The number of carbonyl (C=O) groups excluding carboxylic acids is 1. The average molecular weight is 310 g/mol. The molecule has 0 bridgehead atoms. The normalized spacial score (nSPS) is 21.5. The van der Waals surface area contributed by atoms with Crippen molar-refractivity contribution in [3.8, 4) is 0 Å². The lowest BCUT2D eigenvalue weighted by atomic mass is 9.72. The summed E-state index contributed by atoms with van der Waals surface area (Å²) >= 11 is 0. The summed E-state index contributed by atoms with van der Waals surface area (Å²) in [4.78, 5) is 23.8. The molecular formula is C18H22N4O. The van der Waals surface area contributed by atoms with Crippen molar-refractivity contribution in [3.05, 3.63) is 36.2 Å². The molecule has 120 valence electrons. The maximum absolute atomic E-state index is 12.2. The van der Waals surface area contributed by atoms with Gasteiger partial charge in [0.1, 0.15) is 0 Å². The summed E-state index contributed by atoms with van der Waals surface area (Å²) in [6, 6.07) is 7.96. The van der Waals surface area contributed by atoms with Crippen LogP contribution in [0.2, 0.25) is 0 Å². The molecule has 0 unspecified atom stereocenters. The van der Waals surface area contributed by atoms with Crippen molar-refractivity contribution in [3.63, 3.8) is 0 Å². The lowest BCUT2D eigenvalue weighted by molar-refractivity contribution is -0.136. The fourth-order valence-corrected chi connectivity index (χ4v) is 3.85. The Morgan fingerprint density at radius 2 is 1.91 bits per heavy atom. The topological polar surface area (TPSA) is 58.1 Å². The van der Waals surface area contributed by atoms with Crippen LogP contribution in [-0.2, 0) is 11.3 Å². The highest BCUT2D eigenvalue weighted by atomic mass is 16.2. The molecule has 0 radical (unpaired) electrons. The maximum atomic E-state index is 12.2. The number of rotatable bonds is 2. The highest BCUT2D eigenvalue weighted by Crippen LogP contribution is 2.38. The molecule has 2 fully saturated rings. The zero-order chi connectivity index (χ0) is 15.7. The highest BCUT2D eigenvalue weighted by molar-refractivity contribution is 5.83. The third kappa shape index (κ3) is 2.81. The Hall–Kier alpha value is -2.01. The van der Waals surface area contributed by atoms with E-state index in [9.17, 15) is 4.79 Å². The van der Waals surface area contributed by atoms with Crippen molar-refractivity contribution < 1.29 is 4.79 Å². The molecule has 4 rings (SSSR count). The smallest absolute Gasteiger partial charge is 0.226 e. The van der Waals surface area contributed by atoms with E-state index in [4.69, 9.17) is 4.98 Å². The lowest BCUT2D eigenvalue weighted by Gasteiger charge is -2.42. The van der Waals surface area contributed by atoms with Gasteiger partial charge in [0, 0.05) is 13.1 Å². The van der Waals surface area contributed by atoms with E-state index >= 15 is 0 Å². The molecular weight excluding hydrogens is 288 g/mol. The van der Waals surface area contributed by atoms with Crippen LogP contribution in [-0.4, -0.2) is 40.4 Å². The summed E-state index contributed by atoms with van der Waals surface area (Å²) in [5, 5.41) is 3.05. The second-order valence-corrected chi connectivity index (χ2v) is 6.77. The van der Waals surface area contributed by atoms with E-state index in [1.165, 1.54) is 0 Å². The Morgan fingerprint density at radius 1 is 1.13 bits per heavy atom. The number of hydrogen-bond acceptors (Lipinski definition) is 4. The fourth-order valence-electron chi connectivity index (χ4n) is 3.85. The number of fused-ring (bicyclic) bond motifs is 1. The number of nitrogens with one attached hydrogen (secondary N) is 1. The molecule has 23 heavy (non-hydrogen) atoms. The van der Waals surface area contributed by atoms with Crippen LogP contribution >= 0.6 is 0 Å². The van der Waals surface area contributed by atoms with Crippen LogP contribution in [0.15, 0.2) is 30.5 Å². The minimum atomic E-state index is -0.107. The summed E-state index contributed by atoms with van der Waals surface area (Å²) in [5.41, 5.74) is 2.79. The van der Waals surface area contributed by atoms with Gasteiger partial charge in [0.15, 0.2) is 0 Å². The van der Waals surface area contributed by atoms with Gasteiger partial charge >= 0.3 is 0 Å². The van der Waals surface area contributed by atoms with Gasteiger partial charge in [0.25, 0.3) is 0 Å². The Balaban J connectivity index is 1.43. The summed E-state index contributed by atoms with van der Waals surface area (Å²) in [7, 11) is 0. The molecule has 5 nitrogen and oxygen atoms in total. The van der Waals surface area contributed by atoms with Gasteiger partial charge < -0.3 is 5.32 Å². The quantitative estimate of drug-likeness (QED) is 0.923. The molecule has 0 atom stereocenters. The van der Waals surface area contributed by atoms with Gasteiger partial charge in [-0.1, -0.05) is 12.1 Å². The first-order valence-corrected chi connectivity index (χ1v) is 8.47. The minimum absolute atomic E-state index is 0.107. The van der Waals surface area contributed by atoms with Crippen LogP contribution < -0.4 is 5.32 Å². The average Bonchev–Trinajstić information content (AvgIpc) is 2.60. The molecule has 1 aromatic heterocycles. The number of amides is 1. The highest BCUT2D eigenvalue weighted by Gasteiger charge is 2.42. The van der Waals surface area contributed by atoms with E-state index in [0.29, 0.717) is 0 Å². The van der Waals surface area contributed by atoms with Crippen LogP contribution in [0.3, 0.4) is 0 Å². The molecule has 0 aliphatic carbocycles. The number of aromatic nitrogens is 2. The number of para-hydroxylation sites is 2. The Labute approximate surface area is 136 Å². The summed E-state index contributed by atoms with van der Waals surface area (Å²) < 4.78 is 0. The van der Waals surface area contributed by atoms with Gasteiger partial charge in [-0.3, -0.25) is 14.7 Å². The van der Waals surface area contributed by atoms with Crippen molar-refractivity contribution in [2.45, 2.75) is 32.2 Å². The third-order valence-electron chi connectivity index (χ3n) is 5.30. The van der Waals surface area contributed by atoms with E-state index in [-0.39, 0.29) is 11.3 Å². The molecule has 5 heteroatoms. The van der Waals surface area contributed by atoms with Crippen LogP contribution in [0.1, 0.15) is 31.4 Å². The molecule has 1 aromatic carbocycles. The molecule has 1 spiro atoms. The molecule has 2 aliphatic heterocycles. The lowest BCUT2D eigenvalue weighted by Crippen LogP contribution is -2.51. The maximum Gasteiger partial charge on any atom is 0.226 e. The molecule has 2 saturated heterocycles. The van der Waals surface area contributed by atoms with E-state index in [1.807, 2.05) is 30.5 Å². The van der Waals surface area contributed by atoms with Crippen molar-refractivity contribution in [1.82, 2.24) is 20.2 Å². The monoisotopic (exact) mass is 310 g/mol. The second kappa shape index (κ2) is 5.89. The zero-order valence-electron chi connectivity index (χ0n) is 13.3. The predicted octanol–water partition coefficient (Wildman–Crippen LogP) is 2.12. The first-order chi connectivity index (χ1) is 11.3. The first-order valence-electron chi connectivity index (χ1n) is 8.47. The largest absolute Gasteiger partial charge is 0.356 e. The van der Waals surface area contributed by atoms with Crippen LogP contribution in [0.5, 0.6) is 0 Å². The zero-order valence-corrected chi connectivity index (χ0v) is 13.3. The molecule has 2 aliphatic rings. The Morgan fingerprint density at radius 3 is 2.70 bits per heavy atom. The summed E-state index contributed by atoms with van der Waals surface area (Å²) in [5.74, 6) is 0.272. The van der Waals surface area contributed by atoms with Crippen molar-refractivity contribution in [2.24, 2.45) is 5.41 Å². The van der Waals surface area contributed by atoms with E-state index < -0.39 is 0 Å². The standard InChI is InChI=1S/C18H22N4O/c23-17-18(6-3-9-19-17)7-10-22(11-8-18)13-14-12-20-15-4-1-2-5-16(15)21-14/h1-2,4-5,12H,3,6-11,13H2,(H,19,23). The third-order valence-corrected chi connectivity index (χ3v) is 5.30. The van der Waals surface area contributed by atoms with E-state index in [1.54, 1.807) is 0 Å².